The van der Waals surface area contributed by atoms with E-state index in [1.807, 2.05) is 6.08 Å². The maximum atomic E-state index is 13.5. The molecule has 0 radical (unpaired) electrons. The summed E-state index contributed by atoms with van der Waals surface area (Å²) in [6.45, 7) is 0. The summed E-state index contributed by atoms with van der Waals surface area (Å²) >= 11 is 0. The van der Waals surface area contributed by atoms with E-state index in [9.17, 15) is 9.18 Å². The van der Waals surface area contributed by atoms with Crippen LogP contribution in [0.15, 0.2) is 30.0 Å². The number of nitrogens with zero attached hydrogens (tertiary/aromatic N) is 1. The quantitative estimate of drug-likeness (QED) is 0.729. The molecule has 0 atom stereocenters. The van der Waals surface area contributed by atoms with Gasteiger partial charge in [-0.15, -0.1) is 0 Å². The van der Waals surface area contributed by atoms with Crippen LogP contribution in [0.4, 0.5) is 4.39 Å². The Morgan fingerprint density at radius 2 is 2.06 bits per heavy atom. The van der Waals surface area contributed by atoms with Gasteiger partial charge in [0.05, 0.1) is 0 Å². The molecule has 0 N–H and O–H groups in total. The maximum Gasteiger partial charge on any atom is 0.210 e. The van der Waals surface area contributed by atoms with Crippen LogP contribution in [0.1, 0.15) is 49.0 Å². The van der Waals surface area contributed by atoms with Crippen LogP contribution in [0.5, 0.6) is 0 Å². The molecule has 1 aromatic rings. The Hall–Kier alpha value is -1.51. The van der Waals surface area contributed by atoms with E-state index in [1.54, 1.807) is 0 Å². The lowest BCUT2D eigenvalue weighted by molar-refractivity contribution is 0.102. The Balaban J connectivity index is 2.21. The number of aromatic nitrogens is 1. The van der Waals surface area contributed by atoms with E-state index in [-0.39, 0.29) is 11.5 Å². The van der Waals surface area contributed by atoms with Crippen molar-refractivity contribution in [1.82, 2.24) is 4.98 Å². The van der Waals surface area contributed by atoms with Gasteiger partial charge in [0, 0.05) is 6.20 Å². The number of halogens is 1. The molecule has 0 saturated heterocycles. The zero-order valence-electron chi connectivity index (χ0n) is 9.79. The van der Waals surface area contributed by atoms with E-state index in [0.29, 0.717) is 0 Å². The highest BCUT2D eigenvalue weighted by Crippen LogP contribution is 2.20. The fourth-order valence-corrected chi connectivity index (χ4v) is 2.10. The first-order valence-electron chi connectivity index (χ1n) is 6.13. The number of Topliss-reactive ketones (excluding diaryl/α,β-unsaturated/α-hetero) is 1. The summed E-state index contributed by atoms with van der Waals surface area (Å²) in [5.41, 5.74) is 0.682. The van der Waals surface area contributed by atoms with Crippen molar-refractivity contribution in [2.75, 3.05) is 0 Å². The molecule has 0 unspecified atom stereocenters. The van der Waals surface area contributed by atoms with Crippen molar-refractivity contribution in [3.63, 3.8) is 0 Å². The van der Waals surface area contributed by atoms with Crippen molar-refractivity contribution in [2.24, 2.45) is 0 Å². The SMILES string of the molecule is O=C(/C1=C/CCCCCC1)c1ncccc1F. The van der Waals surface area contributed by atoms with Crippen LogP contribution in [0.3, 0.4) is 0 Å². The van der Waals surface area contributed by atoms with E-state index in [2.05, 4.69) is 4.98 Å². The van der Waals surface area contributed by atoms with Gasteiger partial charge in [-0.3, -0.25) is 4.79 Å². The van der Waals surface area contributed by atoms with Crippen LogP contribution in [-0.2, 0) is 0 Å². The average molecular weight is 233 g/mol. The monoisotopic (exact) mass is 233 g/mol. The van der Waals surface area contributed by atoms with Crippen LogP contribution in [0, 0.1) is 5.82 Å². The minimum atomic E-state index is -0.527. The van der Waals surface area contributed by atoms with E-state index >= 15 is 0 Å². The number of rotatable bonds is 2. The Kier molecular flexibility index (Phi) is 4.02. The molecule has 17 heavy (non-hydrogen) atoms. The van der Waals surface area contributed by atoms with Crippen LogP contribution < -0.4 is 0 Å². The summed E-state index contributed by atoms with van der Waals surface area (Å²) < 4.78 is 13.5. The molecule has 1 aliphatic carbocycles. The van der Waals surface area contributed by atoms with Crippen LogP contribution in [0.25, 0.3) is 0 Å². The largest absolute Gasteiger partial charge is 0.287 e. The van der Waals surface area contributed by atoms with Crippen LogP contribution in [-0.4, -0.2) is 10.8 Å². The van der Waals surface area contributed by atoms with E-state index in [0.717, 1.165) is 37.7 Å². The van der Waals surface area contributed by atoms with E-state index in [1.165, 1.54) is 24.8 Å². The lowest BCUT2D eigenvalue weighted by Gasteiger charge is -2.10. The van der Waals surface area contributed by atoms with E-state index in [4.69, 9.17) is 0 Å². The number of hydrogen-bond acceptors (Lipinski definition) is 2. The molecule has 2 nitrogen and oxygen atoms in total. The van der Waals surface area contributed by atoms with Crippen molar-refractivity contribution >= 4 is 5.78 Å². The van der Waals surface area contributed by atoms with Crippen LogP contribution in [0.2, 0.25) is 0 Å². The zero-order chi connectivity index (χ0) is 12.1. The summed E-state index contributed by atoms with van der Waals surface area (Å²) in [6.07, 6.45) is 9.55. The fourth-order valence-electron chi connectivity index (χ4n) is 2.10. The molecular weight excluding hydrogens is 217 g/mol. The standard InChI is InChI=1S/C14H16FNO/c15-12-9-6-10-16-13(12)14(17)11-7-4-2-1-3-5-8-11/h6-7,9-10H,1-5,8H2/b11-7+. The van der Waals surface area contributed by atoms with Gasteiger partial charge in [0.15, 0.2) is 5.82 Å². The second-order valence-corrected chi connectivity index (χ2v) is 4.35. The maximum absolute atomic E-state index is 13.5. The minimum absolute atomic E-state index is 0.0423. The molecule has 0 saturated carbocycles. The molecule has 2 rings (SSSR count). The number of carbonyl (C=O) groups is 1. The van der Waals surface area contributed by atoms with Gasteiger partial charge >= 0.3 is 0 Å². The smallest absolute Gasteiger partial charge is 0.210 e. The van der Waals surface area contributed by atoms with Gasteiger partial charge in [0.25, 0.3) is 0 Å². The second-order valence-electron chi connectivity index (χ2n) is 4.35. The molecule has 0 aliphatic heterocycles. The van der Waals surface area contributed by atoms with Crippen molar-refractivity contribution in [3.8, 4) is 0 Å². The molecule has 0 aromatic carbocycles. The number of pyridine rings is 1. The summed E-state index contributed by atoms with van der Waals surface area (Å²) in [5.74, 6) is -0.773. The fraction of sp³-hybridized carbons (Fsp3) is 0.429. The van der Waals surface area contributed by atoms with Gasteiger partial charge in [-0.25, -0.2) is 9.37 Å². The van der Waals surface area contributed by atoms with Crippen molar-refractivity contribution in [3.05, 3.63) is 41.5 Å². The van der Waals surface area contributed by atoms with E-state index < -0.39 is 5.82 Å². The van der Waals surface area contributed by atoms with Gasteiger partial charge in [-0.2, -0.15) is 0 Å². The Morgan fingerprint density at radius 1 is 1.24 bits per heavy atom. The minimum Gasteiger partial charge on any atom is -0.287 e. The van der Waals surface area contributed by atoms with Gasteiger partial charge in [0.2, 0.25) is 5.78 Å². The third-order valence-electron chi connectivity index (χ3n) is 3.06. The van der Waals surface area contributed by atoms with Crippen molar-refractivity contribution < 1.29 is 9.18 Å². The van der Waals surface area contributed by atoms with Crippen molar-refractivity contribution in [1.29, 1.82) is 0 Å². The highest BCUT2D eigenvalue weighted by Gasteiger charge is 2.17. The normalized spacial score (nSPS) is 19.9. The Bertz CT molecular complexity index is 440. The summed E-state index contributed by atoms with van der Waals surface area (Å²) in [6, 6.07) is 2.78. The van der Waals surface area contributed by atoms with Crippen molar-refractivity contribution in [2.45, 2.75) is 38.5 Å². The van der Waals surface area contributed by atoms with Gasteiger partial charge in [-0.1, -0.05) is 18.9 Å². The molecule has 0 spiro atoms. The predicted octanol–water partition coefficient (Wildman–Crippen LogP) is 3.68. The number of ketones is 1. The molecule has 1 aliphatic rings. The lowest BCUT2D eigenvalue weighted by atomic mass is 9.96. The molecule has 90 valence electrons. The molecule has 1 aromatic heterocycles. The topological polar surface area (TPSA) is 30.0 Å². The first-order valence-corrected chi connectivity index (χ1v) is 6.13. The Morgan fingerprint density at radius 3 is 2.88 bits per heavy atom. The summed E-state index contributed by atoms with van der Waals surface area (Å²) in [7, 11) is 0. The molecular formula is C14H16FNO. The molecule has 0 amide bonds. The first kappa shape index (κ1) is 12.0. The lowest BCUT2D eigenvalue weighted by Crippen LogP contribution is -2.09. The molecule has 3 heteroatoms. The third kappa shape index (κ3) is 2.99. The summed E-state index contributed by atoms with van der Waals surface area (Å²) in [5, 5.41) is 0. The molecule has 1 heterocycles. The van der Waals surface area contributed by atoms with Crippen LogP contribution >= 0.6 is 0 Å². The van der Waals surface area contributed by atoms with Gasteiger partial charge in [0.1, 0.15) is 5.69 Å². The summed E-state index contributed by atoms with van der Waals surface area (Å²) in [4.78, 5) is 16.0. The number of carbonyl (C=O) groups excluding carboxylic acids is 1. The average Bonchev–Trinajstić information content (AvgIpc) is 2.28. The molecule has 0 fully saturated rings. The molecule has 0 bridgehead atoms. The predicted molar refractivity (Wildman–Crippen MR) is 64.3 cm³/mol. The highest BCUT2D eigenvalue weighted by atomic mass is 19.1. The second kappa shape index (κ2) is 5.71. The van der Waals surface area contributed by atoms with Gasteiger partial charge in [-0.05, 0) is 43.4 Å². The first-order chi connectivity index (χ1) is 8.29. The highest BCUT2D eigenvalue weighted by molar-refractivity contribution is 6.07. The zero-order valence-corrected chi connectivity index (χ0v) is 9.79. The number of allylic oxidation sites excluding steroid dienone is 2. The number of hydrogen-bond donors (Lipinski definition) is 0. The van der Waals surface area contributed by atoms with Gasteiger partial charge < -0.3 is 0 Å². The Labute approximate surface area is 101 Å². The third-order valence-corrected chi connectivity index (χ3v) is 3.06.